The maximum Gasteiger partial charge on any atom is 2.00 e. The van der Waals surface area contributed by atoms with E-state index < -0.39 is 15.6 Å². The Hall–Kier alpha value is -2.50. The van der Waals surface area contributed by atoms with Gasteiger partial charge in [0.05, 0.1) is 0 Å². The van der Waals surface area contributed by atoms with Gasteiger partial charge in [0.2, 0.25) is 0 Å². The van der Waals surface area contributed by atoms with E-state index in [1.54, 1.807) is 24.8 Å². The number of hydrogen-bond acceptors (Lipinski definition) is 12. The van der Waals surface area contributed by atoms with E-state index in [1.807, 2.05) is 24.3 Å². The van der Waals surface area contributed by atoms with Gasteiger partial charge in [-0.05, 0) is 45.1 Å². The van der Waals surface area contributed by atoms with Crippen molar-refractivity contribution in [2.75, 3.05) is 0 Å². The van der Waals surface area contributed by atoms with Gasteiger partial charge in [0.1, 0.15) is 0 Å². The average molecular weight is 639 g/mol. The van der Waals surface area contributed by atoms with Gasteiger partial charge >= 0.3 is 27.3 Å². The number of aromatic nitrogens is 10. The molecule has 4 heterocycles. The molecular weight excluding hydrogens is 619 g/mol. The molecule has 0 saturated heterocycles. The summed E-state index contributed by atoms with van der Waals surface area (Å²) in [5.74, 6) is 1.32. The first kappa shape index (κ1) is 37.1. The van der Waals surface area contributed by atoms with Crippen LogP contribution in [0.25, 0.3) is 22.8 Å². The van der Waals surface area contributed by atoms with Crippen LogP contribution in [-0.2, 0) is 47.4 Å². The Kier molecular flexibility index (Phi) is 19.9. The predicted molar refractivity (Wildman–Crippen MR) is 109 cm³/mol. The first-order valence-electron chi connectivity index (χ1n) is 7.75. The van der Waals surface area contributed by atoms with Crippen molar-refractivity contribution < 1.29 is 76.7 Å². The van der Waals surface area contributed by atoms with Crippen molar-refractivity contribution in [3.05, 3.63) is 49.1 Å². The molecule has 0 unspecified atom stereocenters. The van der Waals surface area contributed by atoms with E-state index in [9.17, 15) is 0 Å². The molecule has 23 heteroatoms. The van der Waals surface area contributed by atoms with E-state index in [0.29, 0.717) is 11.6 Å². The maximum atomic E-state index is 8.77. The van der Waals surface area contributed by atoms with Crippen LogP contribution in [0.1, 0.15) is 0 Å². The van der Waals surface area contributed by atoms with E-state index in [1.165, 1.54) is 0 Å². The summed E-state index contributed by atoms with van der Waals surface area (Å²) in [4.78, 5) is 53.6. The Morgan fingerprint density at radius 3 is 1.11 bits per heavy atom. The summed E-state index contributed by atoms with van der Waals surface area (Å²) in [6.07, 6.45) is 6.77. The van der Waals surface area contributed by atoms with E-state index in [2.05, 4.69) is 51.2 Å². The van der Waals surface area contributed by atoms with Crippen molar-refractivity contribution in [3.8, 4) is 22.8 Å². The van der Waals surface area contributed by atoms with Crippen LogP contribution < -0.4 is 9.79 Å². The van der Waals surface area contributed by atoms with E-state index in [-0.39, 0.29) is 38.3 Å². The molecular formula is C12H20CdN10O10P2+2. The minimum atomic E-state index is -4.89. The van der Waals surface area contributed by atoms with Crippen LogP contribution in [0.3, 0.4) is 0 Å². The fraction of sp³-hybridized carbons (Fsp3) is 0. The number of hydrogen-bond donors (Lipinski definition) is 6. The summed E-state index contributed by atoms with van der Waals surface area (Å²) in [5.41, 5.74) is 1.87. The third-order valence-corrected chi connectivity index (χ3v) is 2.60. The minimum absolute atomic E-state index is 0. The van der Waals surface area contributed by atoms with Crippen molar-refractivity contribution in [1.82, 2.24) is 51.2 Å². The van der Waals surface area contributed by atoms with Gasteiger partial charge in [-0.2, -0.15) is 0 Å². The maximum absolute atomic E-state index is 8.77. The molecule has 35 heavy (non-hydrogen) atoms. The van der Waals surface area contributed by atoms with Gasteiger partial charge in [-0.1, -0.05) is 0 Å². The monoisotopic (exact) mass is 640 g/mol. The molecule has 0 aliphatic heterocycles. The number of aromatic amines is 2. The Bertz CT molecular complexity index is 994. The second-order valence-electron chi connectivity index (χ2n) is 4.95. The number of rotatable bonds is 2. The van der Waals surface area contributed by atoms with E-state index in [4.69, 9.17) is 38.5 Å². The SMILES string of the molecule is O=P([O-])(O)O.O=P([O-])(O)O.[Cd+2].[OH3+].[OH3+].c1cc(-c2nnn[nH]2)ccn1.c1cc(-c2nnn[nH]2)ccn1. The molecule has 0 radical (unpaired) electrons. The molecule has 20 nitrogen and oxygen atoms in total. The molecule has 0 aliphatic carbocycles. The second kappa shape index (κ2) is 18.8. The molecule has 0 amide bonds. The molecule has 0 spiro atoms. The summed E-state index contributed by atoms with van der Waals surface area (Å²) in [6.45, 7) is 0. The summed E-state index contributed by atoms with van der Waals surface area (Å²) in [6, 6.07) is 7.34. The predicted octanol–water partition coefficient (Wildman–Crippen LogP) is -4.44. The van der Waals surface area contributed by atoms with Crippen molar-refractivity contribution >= 4 is 15.6 Å². The summed E-state index contributed by atoms with van der Waals surface area (Å²) in [5, 5.41) is 26.6. The van der Waals surface area contributed by atoms with Crippen molar-refractivity contribution in [2.45, 2.75) is 0 Å². The number of H-pyrrole nitrogens is 2. The Morgan fingerprint density at radius 2 is 0.914 bits per heavy atom. The number of phosphoric acid groups is 2. The molecule has 4 rings (SSSR count). The fourth-order valence-corrected chi connectivity index (χ4v) is 1.58. The Morgan fingerprint density at radius 1 is 0.657 bits per heavy atom. The van der Waals surface area contributed by atoms with Gasteiger partial charge in [-0.25, -0.2) is 10.2 Å². The average Bonchev–Trinajstić information content (AvgIpc) is 3.42. The summed E-state index contributed by atoms with van der Waals surface area (Å²) in [7, 11) is -9.78. The number of tetrazole rings is 2. The van der Waals surface area contributed by atoms with E-state index in [0.717, 1.165) is 11.1 Å². The zero-order valence-corrected chi connectivity index (χ0v) is 23.2. The van der Waals surface area contributed by atoms with Crippen LogP contribution in [-0.4, -0.2) is 70.8 Å². The van der Waals surface area contributed by atoms with Crippen LogP contribution in [0.15, 0.2) is 49.1 Å². The van der Waals surface area contributed by atoms with Crippen LogP contribution in [0.4, 0.5) is 0 Å². The number of nitrogens with zero attached hydrogens (tertiary/aromatic N) is 8. The third-order valence-electron chi connectivity index (χ3n) is 2.60. The standard InChI is InChI=1S/2C6H5N5.Cd.2H3O4P.2H2O/c2*1-3-7-4-2-5(1)6-8-10-11-9-6;;2*1-5(2,3)4;;/h2*1-4H,(H,8,9,10,11);;2*(H3,1,2,3,4);2*1H2/q;;+2;;;;. The van der Waals surface area contributed by atoms with Crippen LogP contribution in [0.2, 0.25) is 0 Å². The quantitative estimate of drug-likeness (QED) is 0.0684. The van der Waals surface area contributed by atoms with Gasteiger partial charge in [0.15, 0.2) is 11.6 Å². The molecule has 4 aromatic rings. The first-order chi connectivity index (χ1) is 14.9. The van der Waals surface area contributed by atoms with Gasteiger partial charge in [-0.15, -0.1) is 10.2 Å². The normalized spacial score (nSPS) is 9.54. The Labute approximate surface area is 215 Å². The van der Waals surface area contributed by atoms with Crippen LogP contribution >= 0.6 is 15.6 Å². The van der Waals surface area contributed by atoms with Crippen molar-refractivity contribution in [3.63, 3.8) is 0 Å². The smallest absolute Gasteiger partial charge is 0.756 e. The third kappa shape index (κ3) is 21.8. The van der Waals surface area contributed by atoms with Gasteiger partial charge < -0.3 is 40.3 Å². The minimum Gasteiger partial charge on any atom is -0.756 e. The molecule has 188 valence electrons. The van der Waals surface area contributed by atoms with Gasteiger partial charge in [0.25, 0.3) is 15.6 Å². The molecule has 0 atom stereocenters. The number of pyridine rings is 2. The largest absolute Gasteiger partial charge is 2.00 e. The summed E-state index contributed by atoms with van der Waals surface area (Å²) >= 11 is 0. The molecule has 0 aromatic carbocycles. The fourth-order valence-electron chi connectivity index (χ4n) is 1.58. The molecule has 0 bridgehead atoms. The van der Waals surface area contributed by atoms with Gasteiger partial charge in [-0.3, -0.25) is 19.1 Å². The second-order valence-corrected chi connectivity index (χ2v) is 6.91. The molecule has 4 aromatic heterocycles. The van der Waals surface area contributed by atoms with Crippen molar-refractivity contribution in [1.29, 1.82) is 0 Å². The zero-order valence-electron chi connectivity index (χ0n) is 17.4. The molecule has 0 fully saturated rings. The topological polar surface area (TPSA) is 362 Å². The van der Waals surface area contributed by atoms with Crippen LogP contribution in [0, 0.1) is 0 Å². The number of nitrogens with one attached hydrogen (secondary N) is 2. The van der Waals surface area contributed by atoms with E-state index >= 15 is 0 Å². The summed E-state index contributed by atoms with van der Waals surface area (Å²) < 4.78 is 17.5. The Balaban J connectivity index is -0.000000405. The van der Waals surface area contributed by atoms with Gasteiger partial charge in [0, 0.05) is 35.9 Å². The molecule has 12 N–H and O–H groups in total. The molecule has 0 aliphatic rings. The zero-order chi connectivity index (χ0) is 24.0. The molecule has 0 saturated carbocycles. The van der Waals surface area contributed by atoms with Crippen molar-refractivity contribution in [2.24, 2.45) is 0 Å². The first-order valence-corrected chi connectivity index (χ1v) is 10.8. The van der Waals surface area contributed by atoms with Crippen LogP contribution in [0.5, 0.6) is 0 Å².